The monoisotopic (exact) mass is 803 g/mol. The maximum Gasteiger partial charge on any atom is 0.357 e. The number of fused-ring (bicyclic) bond motifs is 6. The largest absolute Gasteiger partial charge is 0.477 e. The van der Waals surface area contributed by atoms with Crippen molar-refractivity contribution in [2.45, 2.75) is 62.4 Å². The first kappa shape index (κ1) is 37.7. The van der Waals surface area contributed by atoms with Crippen LogP contribution in [0.4, 0.5) is 28.4 Å². The topological polar surface area (TPSA) is 138 Å². The Kier molecular flexibility index (Phi) is 9.44. The quantitative estimate of drug-likeness (QED) is 0.0854. The molecule has 61 heavy (non-hydrogen) atoms. The molecule has 1 amide bonds. The van der Waals surface area contributed by atoms with Crippen molar-refractivity contribution in [3.8, 4) is 6.07 Å². The number of hydrogen-bond donors (Lipinski definition) is 2. The number of hydrazone groups is 1. The van der Waals surface area contributed by atoms with Crippen LogP contribution in [0.2, 0.25) is 0 Å². The molecule has 5 aliphatic rings. The average molecular weight is 804 g/mol. The van der Waals surface area contributed by atoms with Crippen LogP contribution < -0.4 is 14.8 Å². The molecule has 4 unspecified atom stereocenters. The molecule has 10 nitrogen and oxygen atoms in total. The van der Waals surface area contributed by atoms with Gasteiger partial charge in [-0.15, -0.1) is 0 Å². The van der Waals surface area contributed by atoms with Crippen LogP contribution >= 0.6 is 0 Å². The van der Waals surface area contributed by atoms with E-state index >= 15 is 0 Å². The molecule has 2 saturated carbocycles. The summed E-state index contributed by atoms with van der Waals surface area (Å²) in [7, 11) is 0. The lowest BCUT2D eigenvalue weighted by atomic mass is 9.95. The van der Waals surface area contributed by atoms with E-state index in [9.17, 15) is 29.9 Å². The molecule has 10 rings (SSSR count). The zero-order valence-electron chi connectivity index (χ0n) is 33.2. The van der Waals surface area contributed by atoms with Crippen LogP contribution in [0.15, 0.2) is 132 Å². The average Bonchev–Trinajstić information content (AvgIpc) is 4.11. The number of nitriles is 1. The molecular formula is C51H41N5O5. The molecule has 4 atom stereocenters. The maximum atomic E-state index is 13.5. The third kappa shape index (κ3) is 6.68. The summed E-state index contributed by atoms with van der Waals surface area (Å²) < 4.78 is 0. The van der Waals surface area contributed by atoms with Crippen LogP contribution in [-0.2, 0) is 14.4 Å². The van der Waals surface area contributed by atoms with Crippen LogP contribution in [0.1, 0.15) is 83.7 Å². The molecule has 3 heterocycles. The van der Waals surface area contributed by atoms with Crippen LogP contribution in [0.25, 0.3) is 24.3 Å². The summed E-state index contributed by atoms with van der Waals surface area (Å²) in [4.78, 5) is 42.0. The molecule has 0 aromatic heterocycles. The number of amides is 1. The zero-order valence-corrected chi connectivity index (χ0v) is 33.2. The van der Waals surface area contributed by atoms with E-state index < -0.39 is 17.8 Å². The first-order valence-electron chi connectivity index (χ1n) is 20.8. The van der Waals surface area contributed by atoms with Crippen molar-refractivity contribution in [3.63, 3.8) is 0 Å². The van der Waals surface area contributed by atoms with E-state index in [1.807, 2.05) is 18.2 Å². The highest BCUT2D eigenvalue weighted by Gasteiger charge is 2.43. The summed E-state index contributed by atoms with van der Waals surface area (Å²) in [6.45, 7) is 0. The van der Waals surface area contributed by atoms with Gasteiger partial charge in [0.25, 0.3) is 5.91 Å². The molecule has 2 aliphatic carbocycles. The number of carbonyl (C=O) groups excluding carboxylic acids is 1. The van der Waals surface area contributed by atoms with Gasteiger partial charge in [-0.3, -0.25) is 4.79 Å². The van der Waals surface area contributed by atoms with Crippen LogP contribution in [-0.4, -0.2) is 45.9 Å². The fraction of sp³-hybridized carbons (Fsp3) is 0.196. The van der Waals surface area contributed by atoms with Crippen molar-refractivity contribution < 1.29 is 24.6 Å². The van der Waals surface area contributed by atoms with Crippen LogP contribution in [0.3, 0.4) is 0 Å². The Morgan fingerprint density at radius 3 is 1.70 bits per heavy atom. The summed E-state index contributed by atoms with van der Waals surface area (Å²) in [6.07, 6.45) is 14.0. The second-order valence-electron chi connectivity index (χ2n) is 16.3. The van der Waals surface area contributed by atoms with Gasteiger partial charge >= 0.3 is 11.9 Å². The second kappa shape index (κ2) is 15.3. The van der Waals surface area contributed by atoms with Gasteiger partial charge in [0.2, 0.25) is 0 Å². The van der Waals surface area contributed by atoms with E-state index in [4.69, 9.17) is 0 Å². The van der Waals surface area contributed by atoms with Gasteiger partial charge < -0.3 is 20.0 Å². The molecular weight excluding hydrogens is 763 g/mol. The minimum Gasteiger partial charge on any atom is -0.477 e. The predicted octanol–water partition coefficient (Wildman–Crippen LogP) is 10.3. The molecule has 2 fully saturated rings. The Labute approximate surface area is 353 Å². The molecule has 0 saturated heterocycles. The minimum absolute atomic E-state index is 0.0644. The van der Waals surface area contributed by atoms with E-state index in [1.54, 1.807) is 36.4 Å². The van der Waals surface area contributed by atoms with Gasteiger partial charge in [-0.2, -0.15) is 15.4 Å². The van der Waals surface area contributed by atoms with E-state index in [0.29, 0.717) is 29.6 Å². The van der Waals surface area contributed by atoms with E-state index in [1.165, 1.54) is 17.2 Å². The highest BCUT2D eigenvalue weighted by Crippen LogP contribution is 2.54. The molecule has 2 N–H and O–H groups in total. The summed E-state index contributed by atoms with van der Waals surface area (Å²) >= 11 is 0. The molecule has 5 aromatic rings. The number of carboxylic acids is 2. The number of para-hydroxylation sites is 1. The van der Waals surface area contributed by atoms with Crippen molar-refractivity contribution in [1.29, 1.82) is 5.26 Å². The fourth-order valence-corrected chi connectivity index (χ4v) is 10.2. The van der Waals surface area contributed by atoms with Gasteiger partial charge in [-0.05, 0) is 132 Å². The first-order valence-corrected chi connectivity index (χ1v) is 20.8. The van der Waals surface area contributed by atoms with Crippen molar-refractivity contribution in [3.05, 3.63) is 160 Å². The van der Waals surface area contributed by atoms with E-state index in [2.05, 4.69) is 99.8 Å². The van der Waals surface area contributed by atoms with Crippen molar-refractivity contribution >= 4 is 76.3 Å². The van der Waals surface area contributed by atoms with Crippen molar-refractivity contribution in [1.82, 2.24) is 0 Å². The number of hydrogen-bond acceptors (Lipinski definition) is 7. The molecule has 10 heteroatoms. The van der Waals surface area contributed by atoms with Crippen molar-refractivity contribution in [2.24, 2.45) is 5.10 Å². The first-order chi connectivity index (χ1) is 29.7. The minimum atomic E-state index is -1.24. The number of carbonyl (C=O) groups is 3. The Hall–Kier alpha value is -7.51. The Morgan fingerprint density at radius 2 is 1.18 bits per heavy atom. The van der Waals surface area contributed by atoms with Gasteiger partial charge in [0.15, 0.2) is 5.71 Å². The Bertz CT molecular complexity index is 2780. The number of benzene rings is 5. The summed E-state index contributed by atoms with van der Waals surface area (Å²) in [5, 5.41) is 33.9. The fourth-order valence-electron chi connectivity index (χ4n) is 10.2. The highest BCUT2D eigenvalue weighted by molar-refractivity contribution is 6.53. The third-order valence-corrected chi connectivity index (χ3v) is 12.9. The molecule has 3 aliphatic heterocycles. The van der Waals surface area contributed by atoms with Crippen LogP contribution in [0.5, 0.6) is 0 Å². The highest BCUT2D eigenvalue weighted by atomic mass is 16.4. The molecule has 300 valence electrons. The lowest BCUT2D eigenvalue weighted by Gasteiger charge is -2.27. The summed E-state index contributed by atoms with van der Waals surface area (Å²) in [6, 6.07) is 40.8. The lowest BCUT2D eigenvalue weighted by molar-refractivity contribution is -0.132. The summed E-state index contributed by atoms with van der Waals surface area (Å²) in [5.41, 5.74) is 10.7. The Balaban J connectivity index is 0.857. The standard InChI is InChI=1S/C51H41N5O5/c52-30-35(50(58)59)26-33-18-24-46-41(27-33)39-8-4-10-44(39)54(46)36-20-14-31(15-21-36)12-13-32-16-22-37(23-17-32)55-45-11-5-9-40(45)42-28-34(19-25-47(42)55)29-43-48(51(60)61)53-56(49(43)57)38-6-2-1-3-7-38/h1-3,6-7,12-29,39-40,44-45H,4-5,8-11H2,(H,58,59)(H,60,61)/b13-12+,35-26+,43-29-. The number of rotatable bonds is 9. The third-order valence-electron chi connectivity index (χ3n) is 12.9. The smallest absolute Gasteiger partial charge is 0.357 e. The van der Waals surface area contributed by atoms with Gasteiger partial charge in [0.05, 0.1) is 11.3 Å². The number of aliphatic carboxylic acids is 2. The van der Waals surface area contributed by atoms with E-state index in [0.717, 1.165) is 88.5 Å². The van der Waals surface area contributed by atoms with Crippen molar-refractivity contribution in [2.75, 3.05) is 14.8 Å². The van der Waals surface area contributed by atoms with Gasteiger partial charge in [-0.25, -0.2) is 9.59 Å². The molecule has 5 aromatic carbocycles. The van der Waals surface area contributed by atoms with Gasteiger partial charge in [-0.1, -0.05) is 79.6 Å². The molecule has 0 bridgehead atoms. The summed E-state index contributed by atoms with van der Waals surface area (Å²) in [5.74, 6) is -2.21. The number of anilines is 5. The molecule has 0 radical (unpaired) electrons. The van der Waals surface area contributed by atoms with Gasteiger partial charge in [0, 0.05) is 46.7 Å². The maximum absolute atomic E-state index is 13.5. The zero-order chi connectivity index (χ0) is 41.8. The van der Waals surface area contributed by atoms with E-state index in [-0.39, 0.29) is 16.9 Å². The molecule has 0 spiro atoms. The normalized spacial score (nSPS) is 22.0. The van der Waals surface area contributed by atoms with Crippen LogP contribution in [0, 0.1) is 11.3 Å². The SMILES string of the molecule is N#C/C(=C\c1ccc2c(c1)C1CCCC1N2c1ccc(/C=C/c2ccc(N3c4ccc(/C=C5\C(=O)N(c6ccccc6)N=C5C(=O)O)cc4C4CCCC43)cc2)cc1)C(=O)O. The lowest BCUT2D eigenvalue weighted by Crippen LogP contribution is -2.26. The van der Waals surface area contributed by atoms with Gasteiger partial charge in [0.1, 0.15) is 11.6 Å². The number of carboxylic acid groups (broad SMARTS) is 2. The second-order valence-corrected chi connectivity index (χ2v) is 16.3. The predicted molar refractivity (Wildman–Crippen MR) is 238 cm³/mol. The Morgan fingerprint density at radius 1 is 0.656 bits per heavy atom. The number of nitrogens with zero attached hydrogens (tertiary/aromatic N) is 5.